The van der Waals surface area contributed by atoms with Crippen molar-refractivity contribution in [1.82, 2.24) is 15.0 Å². The lowest BCUT2D eigenvalue weighted by Crippen LogP contribution is -2.45. The number of hydrogen-bond donors (Lipinski definition) is 2. The molecular formula is C23H34N4O3. The maximum Gasteiger partial charge on any atom is 0.322 e. The number of nitrogens with one attached hydrogen (secondary N) is 1. The zero-order chi connectivity index (χ0) is 21.7. The SMILES string of the molecule is CC[C@@H]1CN(C(=O)Nc2c(C)noc2C)[C@H](CO)[C@@H]1CN(C)CCc1ccccc1. The van der Waals surface area contributed by atoms with Crippen molar-refractivity contribution in [1.29, 1.82) is 0 Å². The molecule has 1 aromatic carbocycles. The molecule has 1 fully saturated rings. The fraction of sp³-hybridized carbons (Fsp3) is 0.565. The Hall–Kier alpha value is -2.38. The molecule has 0 radical (unpaired) electrons. The Morgan fingerprint density at radius 2 is 2.07 bits per heavy atom. The Bertz CT molecular complexity index is 804. The van der Waals surface area contributed by atoms with Crippen molar-refractivity contribution in [2.24, 2.45) is 11.8 Å². The van der Waals surface area contributed by atoms with Gasteiger partial charge in [0, 0.05) is 19.6 Å². The molecule has 0 bridgehead atoms. The summed E-state index contributed by atoms with van der Waals surface area (Å²) in [7, 11) is 2.12. The van der Waals surface area contributed by atoms with Crippen LogP contribution in [0.3, 0.4) is 0 Å². The lowest BCUT2D eigenvalue weighted by molar-refractivity contribution is 0.131. The fourth-order valence-corrected chi connectivity index (χ4v) is 4.49. The lowest BCUT2D eigenvalue weighted by atomic mass is 9.88. The average molecular weight is 415 g/mol. The van der Waals surface area contributed by atoms with Crippen LogP contribution in [0.4, 0.5) is 10.5 Å². The summed E-state index contributed by atoms with van der Waals surface area (Å²) < 4.78 is 5.15. The monoisotopic (exact) mass is 414 g/mol. The molecule has 1 aromatic heterocycles. The summed E-state index contributed by atoms with van der Waals surface area (Å²) in [6.07, 6.45) is 1.96. The molecule has 3 rings (SSSR count). The van der Waals surface area contributed by atoms with E-state index in [4.69, 9.17) is 4.52 Å². The second-order valence-electron chi connectivity index (χ2n) is 8.36. The first-order valence-corrected chi connectivity index (χ1v) is 10.8. The topological polar surface area (TPSA) is 81.8 Å². The third kappa shape index (κ3) is 5.02. The van der Waals surface area contributed by atoms with Gasteiger partial charge in [0.2, 0.25) is 0 Å². The normalized spacial score (nSPS) is 21.4. The summed E-state index contributed by atoms with van der Waals surface area (Å²) in [6.45, 7) is 8.15. The first kappa shape index (κ1) is 22.3. The van der Waals surface area contributed by atoms with E-state index in [9.17, 15) is 9.90 Å². The molecule has 2 amide bonds. The van der Waals surface area contributed by atoms with Crippen molar-refractivity contribution in [3.8, 4) is 0 Å². The smallest absolute Gasteiger partial charge is 0.322 e. The standard InChI is InChI=1S/C23H34N4O3/c1-5-19-13-27(23(29)24-22-16(2)25-30-17(22)3)21(15-28)20(19)14-26(4)12-11-18-9-7-6-8-10-18/h6-10,19-21,28H,5,11-15H2,1-4H3,(H,24,29)/t19-,20-,21-/m1/s1. The molecule has 7 heteroatoms. The number of benzene rings is 1. The molecule has 0 spiro atoms. The zero-order valence-electron chi connectivity index (χ0n) is 18.5. The molecular weight excluding hydrogens is 380 g/mol. The number of hydrogen-bond acceptors (Lipinski definition) is 5. The van der Waals surface area contributed by atoms with Crippen molar-refractivity contribution >= 4 is 11.7 Å². The molecule has 1 saturated heterocycles. The fourth-order valence-electron chi connectivity index (χ4n) is 4.49. The van der Waals surface area contributed by atoms with Gasteiger partial charge in [-0.3, -0.25) is 0 Å². The molecule has 164 valence electrons. The molecule has 0 saturated carbocycles. The molecule has 3 atom stereocenters. The highest BCUT2D eigenvalue weighted by molar-refractivity contribution is 5.90. The molecule has 30 heavy (non-hydrogen) atoms. The molecule has 2 aromatic rings. The van der Waals surface area contributed by atoms with E-state index in [1.165, 1.54) is 5.56 Å². The Morgan fingerprint density at radius 3 is 2.67 bits per heavy atom. The number of rotatable bonds is 8. The second-order valence-corrected chi connectivity index (χ2v) is 8.36. The number of aromatic nitrogens is 1. The third-order valence-corrected chi connectivity index (χ3v) is 6.32. The number of aryl methyl sites for hydroxylation is 2. The summed E-state index contributed by atoms with van der Waals surface area (Å²) in [6, 6.07) is 10.1. The van der Waals surface area contributed by atoms with Crippen LogP contribution in [0.25, 0.3) is 0 Å². The van der Waals surface area contributed by atoms with E-state index in [0.717, 1.165) is 25.9 Å². The number of likely N-dealkylation sites (N-methyl/N-ethyl adjacent to an activating group) is 1. The minimum Gasteiger partial charge on any atom is -0.394 e. The minimum absolute atomic E-state index is 0.0390. The first-order chi connectivity index (χ1) is 14.4. The van der Waals surface area contributed by atoms with Crippen LogP contribution in [0.15, 0.2) is 34.9 Å². The number of likely N-dealkylation sites (tertiary alicyclic amines) is 1. The van der Waals surface area contributed by atoms with Crippen LogP contribution >= 0.6 is 0 Å². The highest BCUT2D eigenvalue weighted by atomic mass is 16.5. The van der Waals surface area contributed by atoms with Gasteiger partial charge in [-0.05, 0) is 44.7 Å². The lowest BCUT2D eigenvalue weighted by Gasteiger charge is -2.30. The van der Waals surface area contributed by atoms with Crippen molar-refractivity contribution in [2.75, 3.05) is 38.6 Å². The summed E-state index contributed by atoms with van der Waals surface area (Å²) in [5.41, 5.74) is 2.60. The van der Waals surface area contributed by atoms with Crippen LogP contribution in [0, 0.1) is 25.7 Å². The average Bonchev–Trinajstić information content (AvgIpc) is 3.27. The largest absolute Gasteiger partial charge is 0.394 e. The maximum absolute atomic E-state index is 13.0. The van der Waals surface area contributed by atoms with Crippen LogP contribution < -0.4 is 5.32 Å². The number of carbonyl (C=O) groups is 1. The number of urea groups is 1. The van der Waals surface area contributed by atoms with Gasteiger partial charge in [-0.1, -0.05) is 48.8 Å². The number of carbonyl (C=O) groups excluding carboxylic acids is 1. The summed E-state index contributed by atoms with van der Waals surface area (Å²) in [5.74, 6) is 1.18. The summed E-state index contributed by atoms with van der Waals surface area (Å²) in [5, 5.41) is 17.0. The van der Waals surface area contributed by atoms with Crippen LogP contribution in [0.5, 0.6) is 0 Å². The van der Waals surface area contributed by atoms with Crippen LogP contribution in [-0.4, -0.2) is 65.4 Å². The number of aliphatic hydroxyl groups excluding tert-OH is 1. The molecule has 0 aliphatic carbocycles. The van der Waals surface area contributed by atoms with Gasteiger partial charge in [0.25, 0.3) is 0 Å². The summed E-state index contributed by atoms with van der Waals surface area (Å²) in [4.78, 5) is 17.1. The molecule has 0 unspecified atom stereocenters. The maximum atomic E-state index is 13.0. The predicted octanol–water partition coefficient (Wildman–Crippen LogP) is 3.32. The van der Waals surface area contributed by atoms with Gasteiger partial charge in [-0.25, -0.2) is 4.79 Å². The van der Waals surface area contributed by atoms with Crippen LogP contribution in [0.2, 0.25) is 0 Å². The minimum atomic E-state index is -0.199. The van der Waals surface area contributed by atoms with Gasteiger partial charge in [-0.2, -0.15) is 0 Å². The van der Waals surface area contributed by atoms with Crippen molar-refractivity contribution in [3.63, 3.8) is 0 Å². The Morgan fingerprint density at radius 1 is 1.33 bits per heavy atom. The van der Waals surface area contributed by atoms with Crippen LogP contribution in [-0.2, 0) is 6.42 Å². The number of aliphatic hydroxyl groups is 1. The number of nitrogens with zero attached hydrogens (tertiary/aromatic N) is 3. The van der Waals surface area contributed by atoms with Gasteiger partial charge in [-0.15, -0.1) is 0 Å². The van der Waals surface area contributed by atoms with E-state index in [0.29, 0.717) is 29.6 Å². The van der Waals surface area contributed by atoms with E-state index < -0.39 is 0 Å². The molecule has 7 nitrogen and oxygen atoms in total. The van der Waals surface area contributed by atoms with E-state index >= 15 is 0 Å². The van der Waals surface area contributed by atoms with Gasteiger partial charge < -0.3 is 24.7 Å². The van der Waals surface area contributed by atoms with E-state index in [1.807, 2.05) is 6.07 Å². The third-order valence-electron chi connectivity index (χ3n) is 6.32. The van der Waals surface area contributed by atoms with Crippen molar-refractivity contribution < 1.29 is 14.4 Å². The first-order valence-electron chi connectivity index (χ1n) is 10.8. The molecule has 2 heterocycles. The van der Waals surface area contributed by atoms with Gasteiger partial charge in [0.1, 0.15) is 11.4 Å². The Balaban J connectivity index is 1.64. The predicted molar refractivity (Wildman–Crippen MR) is 117 cm³/mol. The van der Waals surface area contributed by atoms with E-state index in [1.54, 1.807) is 18.7 Å². The van der Waals surface area contributed by atoms with Crippen molar-refractivity contribution in [3.05, 3.63) is 47.3 Å². The van der Waals surface area contributed by atoms with E-state index in [-0.39, 0.29) is 24.6 Å². The van der Waals surface area contributed by atoms with Crippen LogP contribution in [0.1, 0.15) is 30.4 Å². The summed E-state index contributed by atoms with van der Waals surface area (Å²) >= 11 is 0. The molecule has 1 aliphatic heterocycles. The molecule has 2 N–H and O–H groups in total. The second kappa shape index (κ2) is 10.1. The quantitative estimate of drug-likeness (QED) is 0.693. The van der Waals surface area contributed by atoms with E-state index in [2.05, 4.69) is 53.6 Å². The van der Waals surface area contributed by atoms with Gasteiger partial charge in [0.15, 0.2) is 5.76 Å². The highest BCUT2D eigenvalue weighted by Crippen LogP contribution is 2.33. The molecule has 1 aliphatic rings. The Kier molecular flexibility index (Phi) is 7.50. The van der Waals surface area contributed by atoms with Gasteiger partial charge in [0.05, 0.1) is 12.6 Å². The number of anilines is 1. The number of amides is 2. The zero-order valence-corrected chi connectivity index (χ0v) is 18.5. The highest BCUT2D eigenvalue weighted by Gasteiger charge is 2.43. The van der Waals surface area contributed by atoms with Crippen molar-refractivity contribution in [2.45, 2.75) is 39.7 Å². The van der Waals surface area contributed by atoms with Gasteiger partial charge >= 0.3 is 6.03 Å². The Labute approximate surface area is 179 Å².